The molecule has 2 fully saturated rings. The summed E-state index contributed by atoms with van der Waals surface area (Å²) in [5.74, 6) is 0.383. The summed E-state index contributed by atoms with van der Waals surface area (Å²) in [6.45, 7) is 0. The van der Waals surface area contributed by atoms with E-state index >= 15 is 0 Å². The molecule has 4 atom stereocenters. The van der Waals surface area contributed by atoms with Gasteiger partial charge in [-0.3, -0.25) is 9.59 Å². The summed E-state index contributed by atoms with van der Waals surface area (Å²) < 4.78 is 6.58. The van der Waals surface area contributed by atoms with Gasteiger partial charge in [-0.1, -0.05) is 48.9 Å². The highest BCUT2D eigenvalue weighted by atomic mass is 16.5. The van der Waals surface area contributed by atoms with Crippen LogP contribution in [0.15, 0.2) is 54.6 Å². The van der Waals surface area contributed by atoms with Gasteiger partial charge in [-0.05, 0) is 42.9 Å². The molecule has 0 radical (unpaired) electrons. The molecule has 2 aromatic rings. The predicted octanol–water partition coefficient (Wildman–Crippen LogP) is 4.56. The van der Waals surface area contributed by atoms with E-state index in [1.165, 1.54) is 5.56 Å². The number of para-hydroxylation sites is 1. The van der Waals surface area contributed by atoms with Crippen LogP contribution in [-0.2, 0) is 4.79 Å². The lowest BCUT2D eigenvalue weighted by molar-refractivity contribution is -0.146. The molecular weight excluding hydrogens is 324 g/mol. The molecule has 3 heteroatoms. The lowest BCUT2D eigenvalue weighted by Gasteiger charge is -2.55. The largest absolute Gasteiger partial charge is 0.485 e. The highest BCUT2D eigenvalue weighted by Crippen LogP contribution is 2.56. The average Bonchev–Trinajstić information content (AvgIpc) is 2.67. The molecule has 3 nitrogen and oxygen atoms in total. The molecule has 1 unspecified atom stereocenters. The summed E-state index contributed by atoms with van der Waals surface area (Å²) in [5, 5.41) is 0. The zero-order chi connectivity index (χ0) is 17.7. The van der Waals surface area contributed by atoms with Gasteiger partial charge >= 0.3 is 0 Å². The number of carbonyl (C=O) groups excluding carboxylic acids is 2. The van der Waals surface area contributed by atoms with E-state index in [9.17, 15) is 9.59 Å². The zero-order valence-corrected chi connectivity index (χ0v) is 14.7. The van der Waals surface area contributed by atoms with Crippen molar-refractivity contribution >= 4 is 11.6 Å². The van der Waals surface area contributed by atoms with E-state index in [4.69, 9.17) is 4.74 Å². The van der Waals surface area contributed by atoms with Gasteiger partial charge in [0.1, 0.15) is 23.1 Å². The van der Waals surface area contributed by atoms with Crippen molar-refractivity contribution in [2.45, 2.75) is 43.6 Å². The van der Waals surface area contributed by atoms with E-state index in [0.29, 0.717) is 17.7 Å². The molecule has 5 rings (SSSR count). The van der Waals surface area contributed by atoms with Gasteiger partial charge in [-0.15, -0.1) is 0 Å². The van der Waals surface area contributed by atoms with Gasteiger partial charge in [0.25, 0.3) is 0 Å². The first-order valence-corrected chi connectivity index (χ1v) is 9.60. The van der Waals surface area contributed by atoms with Gasteiger partial charge in [0, 0.05) is 12.3 Å². The summed E-state index contributed by atoms with van der Waals surface area (Å²) in [6.07, 6.45) is 4.39. The second-order valence-corrected chi connectivity index (χ2v) is 7.89. The molecule has 0 bridgehead atoms. The molecule has 26 heavy (non-hydrogen) atoms. The quantitative estimate of drug-likeness (QED) is 0.711. The van der Waals surface area contributed by atoms with Gasteiger partial charge in [0.15, 0.2) is 5.78 Å². The van der Waals surface area contributed by atoms with Crippen LogP contribution in [0.25, 0.3) is 0 Å². The number of carbonyl (C=O) groups is 2. The Hall–Kier alpha value is -2.42. The minimum Gasteiger partial charge on any atom is -0.485 e. The van der Waals surface area contributed by atoms with Crippen LogP contribution in [0.2, 0.25) is 0 Å². The van der Waals surface area contributed by atoms with E-state index in [0.717, 1.165) is 25.7 Å². The predicted molar refractivity (Wildman–Crippen MR) is 98.4 cm³/mol. The fourth-order valence-electron chi connectivity index (χ4n) is 5.57. The van der Waals surface area contributed by atoms with Crippen LogP contribution in [0.3, 0.4) is 0 Å². The maximum atomic E-state index is 13.3. The second kappa shape index (κ2) is 5.80. The second-order valence-electron chi connectivity index (χ2n) is 7.89. The Balaban J connectivity index is 1.66. The Kier molecular flexibility index (Phi) is 3.53. The first-order chi connectivity index (χ1) is 12.7. The highest BCUT2D eigenvalue weighted by Gasteiger charge is 2.62. The van der Waals surface area contributed by atoms with E-state index in [2.05, 4.69) is 12.1 Å². The summed E-state index contributed by atoms with van der Waals surface area (Å²) >= 11 is 0. The number of hydrogen-bond acceptors (Lipinski definition) is 3. The lowest BCUT2D eigenvalue weighted by atomic mass is 9.54. The van der Waals surface area contributed by atoms with Crippen LogP contribution in [0.1, 0.15) is 53.9 Å². The Morgan fingerprint density at radius 3 is 2.54 bits per heavy atom. The van der Waals surface area contributed by atoms with Crippen LogP contribution in [0.5, 0.6) is 5.75 Å². The van der Waals surface area contributed by atoms with E-state index < -0.39 is 11.5 Å². The third-order valence-corrected chi connectivity index (χ3v) is 6.62. The molecular formula is C23H22O3. The molecule has 0 amide bonds. The van der Waals surface area contributed by atoms with Crippen molar-refractivity contribution in [3.63, 3.8) is 0 Å². The minimum absolute atomic E-state index is 0.0322. The summed E-state index contributed by atoms with van der Waals surface area (Å²) in [5.41, 5.74) is 1.10. The van der Waals surface area contributed by atoms with Crippen LogP contribution >= 0.6 is 0 Å². The number of ether oxygens (including phenoxy) is 1. The van der Waals surface area contributed by atoms with Crippen LogP contribution in [-0.4, -0.2) is 17.2 Å². The molecule has 2 aromatic carbocycles. The van der Waals surface area contributed by atoms with E-state index in [1.54, 1.807) is 6.07 Å². The number of fused-ring (bicyclic) bond motifs is 1. The third kappa shape index (κ3) is 2.13. The first-order valence-electron chi connectivity index (χ1n) is 9.60. The maximum Gasteiger partial charge on any atom is 0.181 e. The third-order valence-electron chi connectivity index (χ3n) is 6.62. The molecule has 132 valence electrons. The number of rotatable bonds is 1. The van der Waals surface area contributed by atoms with E-state index in [-0.39, 0.29) is 23.4 Å². The average molecular weight is 346 g/mol. The van der Waals surface area contributed by atoms with Gasteiger partial charge in [0.05, 0.1) is 5.56 Å². The fourth-order valence-corrected chi connectivity index (χ4v) is 5.57. The minimum atomic E-state index is -0.667. The van der Waals surface area contributed by atoms with Crippen LogP contribution < -0.4 is 4.74 Å². The summed E-state index contributed by atoms with van der Waals surface area (Å²) in [4.78, 5) is 26.4. The maximum absolute atomic E-state index is 13.3. The number of benzene rings is 2. The van der Waals surface area contributed by atoms with Gasteiger partial charge in [-0.2, -0.15) is 0 Å². The van der Waals surface area contributed by atoms with Gasteiger partial charge in [-0.25, -0.2) is 0 Å². The number of hydrogen-bond donors (Lipinski definition) is 0. The SMILES string of the molecule is O=C1C[C@@H](c2ccccc2)[C@@H]2CCCC[C@@]23Oc2ccccc2C(=O)C13. The van der Waals surface area contributed by atoms with E-state index in [1.807, 2.05) is 36.4 Å². The van der Waals surface area contributed by atoms with Crippen LogP contribution in [0.4, 0.5) is 0 Å². The zero-order valence-electron chi connectivity index (χ0n) is 14.7. The number of ketones is 2. The number of Topliss-reactive ketones (excluding diaryl/α,β-unsaturated/α-hetero) is 2. The van der Waals surface area contributed by atoms with Gasteiger partial charge in [0.2, 0.25) is 0 Å². The Morgan fingerprint density at radius 2 is 1.69 bits per heavy atom. The van der Waals surface area contributed by atoms with Crippen molar-refractivity contribution in [2.24, 2.45) is 11.8 Å². The highest BCUT2D eigenvalue weighted by molar-refractivity contribution is 6.14. The van der Waals surface area contributed by atoms with Crippen molar-refractivity contribution in [1.29, 1.82) is 0 Å². The summed E-state index contributed by atoms with van der Waals surface area (Å²) in [6, 6.07) is 17.7. The normalized spacial score (nSPS) is 32.8. The molecule has 0 aromatic heterocycles. The molecule has 2 aliphatic carbocycles. The molecule has 0 saturated heterocycles. The monoisotopic (exact) mass is 346 g/mol. The fraction of sp³-hybridized carbons (Fsp3) is 0.391. The van der Waals surface area contributed by atoms with Crippen LogP contribution in [0, 0.1) is 11.8 Å². The topological polar surface area (TPSA) is 43.4 Å². The molecule has 1 heterocycles. The molecule has 0 N–H and O–H groups in total. The standard InChI is InChI=1S/C23H22O3/c24-19-14-17(15-8-2-1-3-9-15)18-11-6-7-13-23(18)21(19)22(25)16-10-4-5-12-20(16)26-23/h1-5,8-10,12,17-18,21H,6-7,11,13-14H2/t17-,18-,21?,23+/m0/s1. The molecule has 1 spiro atoms. The molecule has 2 saturated carbocycles. The first kappa shape index (κ1) is 15.8. The van der Waals surface area contributed by atoms with Crippen molar-refractivity contribution in [3.05, 3.63) is 65.7 Å². The molecule has 3 aliphatic rings. The van der Waals surface area contributed by atoms with Gasteiger partial charge < -0.3 is 4.74 Å². The Morgan fingerprint density at radius 1 is 0.923 bits per heavy atom. The smallest absolute Gasteiger partial charge is 0.181 e. The lowest BCUT2D eigenvalue weighted by Crippen LogP contribution is -2.63. The van der Waals surface area contributed by atoms with Crippen molar-refractivity contribution in [3.8, 4) is 5.75 Å². The van der Waals surface area contributed by atoms with Crippen molar-refractivity contribution in [1.82, 2.24) is 0 Å². The van der Waals surface area contributed by atoms with Crippen molar-refractivity contribution in [2.75, 3.05) is 0 Å². The Labute approximate surface area is 153 Å². The molecule has 1 aliphatic heterocycles. The summed E-state index contributed by atoms with van der Waals surface area (Å²) in [7, 11) is 0. The Bertz CT molecular complexity index is 872. The van der Waals surface area contributed by atoms with Crippen molar-refractivity contribution < 1.29 is 14.3 Å².